The van der Waals surface area contributed by atoms with Gasteiger partial charge in [0, 0.05) is 19.3 Å². The Morgan fingerprint density at radius 2 is 1.90 bits per heavy atom. The molecule has 0 saturated carbocycles. The summed E-state index contributed by atoms with van der Waals surface area (Å²) in [6.45, 7) is 2.48. The molecule has 1 aliphatic heterocycles. The lowest BCUT2D eigenvalue weighted by molar-refractivity contribution is -0.0156. The fourth-order valence-electron chi connectivity index (χ4n) is 3.60. The fourth-order valence-corrected chi connectivity index (χ4v) is 4.23. The van der Waals surface area contributed by atoms with Crippen molar-refractivity contribution in [2.24, 2.45) is 0 Å². The SMILES string of the molecule is CS(=O)(=O)c1ccc(-c2cnc(C3COCCN3Cc3ccc(C(=O)O)cc3)[nH]2)cc1. The highest BCUT2D eigenvalue weighted by Gasteiger charge is 2.27. The smallest absolute Gasteiger partial charge is 0.335 e. The van der Waals surface area contributed by atoms with Crippen LogP contribution in [0.1, 0.15) is 27.8 Å². The summed E-state index contributed by atoms with van der Waals surface area (Å²) in [6.07, 6.45) is 2.92. The number of carboxylic acid groups (broad SMARTS) is 1. The summed E-state index contributed by atoms with van der Waals surface area (Å²) in [5.74, 6) is -0.174. The van der Waals surface area contributed by atoms with Gasteiger partial charge in [-0.15, -0.1) is 0 Å². The number of aromatic nitrogens is 2. The van der Waals surface area contributed by atoms with Crippen molar-refractivity contribution in [1.82, 2.24) is 14.9 Å². The molecule has 0 radical (unpaired) electrons. The highest BCUT2D eigenvalue weighted by Crippen LogP contribution is 2.27. The van der Waals surface area contributed by atoms with Gasteiger partial charge in [0.25, 0.3) is 0 Å². The monoisotopic (exact) mass is 441 g/mol. The number of imidazole rings is 1. The third kappa shape index (κ3) is 4.84. The van der Waals surface area contributed by atoms with Gasteiger partial charge in [-0.1, -0.05) is 24.3 Å². The largest absolute Gasteiger partial charge is 0.478 e. The van der Waals surface area contributed by atoms with Crippen LogP contribution in [0.5, 0.6) is 0 Å². The molecule has 2 heterocycles. The zero-order chi connectivity index (χ0) is 22.0. The van der Waals surface area contributed by atoms with Crippen molar-refractivity contribution in [2.45, 2.75) is 17.5 Å². The van der Waals surface area contributed by atoms with Gasteiger partial charge in [0.2, 0.25) is 0 Å². The van der Waals surface area contributed by atoms with E-state index in [0.29, 0.717) is 19.8 Å². The van der Waals surface area contributed by atoms with Crippen molar-refractivity contribution in [2.75, 3.05) is 26.0 Å². The molecular weight excluding hydrogens is 418 g/mol. The number of nitrogens with zero attached hydrogens (tertiary/aromatic N) is 2. The van der Waals surface area contributed by atoms with E-state index in [9.17, 15) is 13.2 Å². The van der Waals surface area contributed by atoms with Crippen molar-refractivity contribution >= 4 is 15.8 Å². The second-order valence-electron chi connectivity index (χ2n) is 7.54. The molecule has 0 spiro atoms. The van der Waals surface area contributed by atoms with Gasteiger partial charge < -0.3 is 14.8 Å². The Balaban J connectivity index is 1.52. The molecule has 31 heavy (non-hydrogen) atoms. The highest BCUT2D eigenvalue weighted by molar-refractivity contribution is 7.90. The van der Waals surface area contributed by atoms with E-state index < -0.39 is 15.8 Å². The van der Waals surface area contributed by atoms with E-state index in [0.717, 1.165) is 29.2 Å². The first-order valence-electron chi connectivity index (χ1n) is 9.81. The molecule has 162 valence electrons. The second kappa shape index (κ2) is 8.62. The van der Waals surface area contributed by atoms with Crippen LogP contribution in [0.4, 0.5) is 0 Å². The van der Waals surface area contributed by atoms with Gasteiger partial charge >= 0.3 is 5.97 Å². The summed E-state index contributed by atoms with van der Waals surface area (Å²) >= 11 is 0. The highest BCUT2D eigenvalue weighted by atomic mass is 32.2. The summed E-state index contributed by atoms with van der Waals surface area (Å²) in [5.41, 5.74) is 2.92. The van der Waals surface area contributed by atoms with E-state index in [1.807, 2.05) is 12.1 Å². The normalized spacial score (nSPS) is 17.5. The van der Waals surface area contributed by atoms with Crippen molar-refractivity contribution in [3.05, 3.63) is 71.7 Å². The molecule has 0 amide bonds. The first kappa shape index (κ1) is 21.2. The number of aromatic carboxylic acids is 1. The maximum atomic E-state index is 11.7. The molecular formula is C22H23N3O5S. The lowest BCUT2D eigenvalue weighted by Gasteiger charge is -2.34. The summed E-state index contributed by atoms with van der Waals surface area (Å²) in [6, 6.07) is 13.5. The summed E-state index contributed by atoms with van der Waals surface area (Å²) in [7, 11) is -3.24. The minimum absolute atomic E-state index is 0.0723. The van der Waals surface area contributed by atoms with Crippen LogP contribution in [0.25, 0.3) is 11.3 Å². The second-order valence-corrected chi connectivity index (χ2v) is 9.56. The predicted octanol–water partition coefficient (Wildman–Crippen LogP) is 2.75. The van der Waals surface area contributed by atoms with Crippen molar-refractivity contribution in [3.8, 4) is 11.3 Å². The number of hydrogen-bond donors (Lipinski definition) is 2. The van der Waals surface area contributed by atoms with Gasteiger partial charge in [-0.3, -0.25) is 4.90 Å². The van der Waals surface area contributed by atoms with E-state index in [1.54, 1.807) is 42.6 Å². The van der Waals surface area contributed by atoms with E-state index in [1.165, 1.54) is 6.26 Å². The number of rotatable bonds is 6. The topological polar surface area (TPSA) is 113 Å². The summed E-state index contributed by atoms with van der Waals surface area (Å²) in [4.78, 5) is 21.5. The number of carboxylic acids is 1. The number of morpholine rings is 1. The number of ether oxygens (including phenoxy) is 1. The molecule has 1 fully saturated rings. The first-order valence-corrected chi connectivity index (χ1v) is 11.7. The predicted molar refractivity (Wildman–Crippen MR) is 115 cm³/mol. The van der Waals surface area contributed by atoms with Crippen molar-refractivity contribution in [3.63, 3.8) is 0 Å². The Labute approximate surface area is 180 Å². The van der Waals surface area contributed by atoms with Crippen LogP contribution in [0.15, 0.2) is 59.6 Å². The number of H-pyrrole nitrogens is 1. The molecule has 3 aromatic rings. The Bertz CT molecular complexity index is 1170. The summed E-state index contributed by atoms with van der Waals surface area (Å²) in [5, 5.41) is 9.07. The standard InChI is InChI=1S/C22H23N3O5S/c1-31(28,29)18-8-6-16(7-9-18)19-12-23-21(24-19)20-14-30-11-10-25(20)13-15-2-4-17(5-3-15)22(26)27/h2-9,12,20H,10-11,13-14H2,1H3,(H,23,24)(H,26,27). The molecule has 8 nitrogen and oxygen atoms in total. The quantitative estimate of drug-likeness (QED) is 0.605. The van der Waals surface area contributed by atoms with Gasteiger partial charge in [-0.05, 0) is 35.4 Å². The maximum Gasteiger partial charge on any atom is 0.335 e. The van der Waals surface area contributed by atoms with E-state index in [4.69, 9.17) is 9.84 Å². The molecule has 1 aromatic heterocycles. The van der Waals surface area contributed by atoms with Gasteiger partial charge in [-0.25, -0.2) is 18.2 Å². The fraction of sp³-hybridized carbons (Fsp3) is 0.273. The number of aromatic amines is 1. The van der Waals surface area contributed by atoms with Gasteiger partial charge in [0.15, 0.2) is 9.84 Å². The molecule has 4 rings (SSSR count). The van der Waals surface area contributed by atoms with Crippen molar-refractivity contribution in [1.29, 1.82) is 0 Å². The number of carbonyl (C=O) groups is 1. The minimum Gasteiger partial charge on any atom is -0.478 e. The number of benzene rings is 2. The number of nitrogens with one attached hydrogen (secondary N) is 1. The van der Waals surface area contributed by atoms with Crippen LogP contribution in [-0.4, -0.2) is 60.4 Å². The van der Waals surface area contributed by atoms with Crippen molar-refractivity contribution < 1.29 is 23.1 Å². The molecule has 1 atom stereocenters. The maximum absolute atomic E-state index is 11.7. The molecule has 9 heteroatoms. The minimum atomic E-state index is -3.24. The Kier molecular flexibility index (Phi) is 5.90. The third-order valence-electron chi connectivity index (χ3n) is 5.33. The van der Waals surface area contributed by atoms with Gasteiger partial charge in [-0.2, -0.15) is 0 Å². The Hall–Kier alpha value is -3.01. The average Bonchev–Trinajstić information content (AvgIpc) is 3.24. The van der Waals surface area contributed by atoms with E-state index in [2.05, 4.69) is 14.9 Å². The molecule has 0 aliphatic carbocycles. The first-order chi connectivity index (χ1) is 14.8. The lowest BCUT2D eigenvalue weighted by atomic mass is 10.1. The Morgan fingerprint density at radius 3 is 2.55 bits per heavy atom. The summed E-state index contributed by atoms with van der Waals surface area (Å²) < 4.78 is 29.0. The molecule has 1 unspecified atom stereocenters. The average molecular weight is 442 g/mol. The van der Waals surface area contributed by atoms with Crippen LogP contribution >= 0.6 is 0 Å². The van der Waals surface area contributed by atoms with Crippen LogP contribution < -0.4 is 0 Å². The van der Waals surface area contributed by atoms with Crippen LogP contribution in [0, 0.1) is 0 Å². The van der Waals surface area contributed by atoms with Gasteiger partial charge in [0.05, 0.1) is 41.6 Å². The molecule has 1 saturated heterocycles. The number of sulfone groups is 1. The number of hydrogen-bond acceptors (Lipinski definition) is 6. The third-order valence-corrected chi connectivity index (χ3v) is 6.46. The Morgan fingerprint density at radius 1 is 1.19 bits per heavy atom. The zero-order valence-corrected chi connectivity index (χ0v) is 17.8. The molecule has 2 N–H and O–H groups in total. The van der Waals surface area contributed by atoms with Gasteiger partial charge in [0.1, 0.15) is 5.82 Å². The lowest BCUT2D eigenvalue weighted by Crippen LogP contribution is -2.39. The molecule has 1 aliphatic rings. The van der Waals surface area contributed by atoms with Crippen LogP contribution in [-0.2, 0) is 21.1 Å². The van der Waals surface area contributed by atoms with Crippen LogP contribution in [0.3, 0.4) is 0 Å². The van der Waals surface area contributed by atoms with Crippen LogP contribution in [0.2, 0.25) is 0 Å². The van der Waals surface area contributed by atoms with E-state index in [-0.39, 0.29) is 16.5 Å². The van der Waals surface area contributed by atoms with E-state index >= 15 is 0 Å². The zero-order valence-electron chi connectivity index (χ0n) is 17.0. The molecule has 0 bridgehead atoms. The molecule has 2 aromatic carbocycles.